The van der Waals surface area contributed by atoms with Crippen LogP contribution in [0.4, 0.5) is 0 Å². The van der Waals surface area contributed by atoms with Crippen LogP contribution in [-0.2, 0) is 0 Å². The predicted octanol–water partition coefficient (Wildman–Crippen LogP) is 0.404. The van der Waals surface area contributed by atoms with E-state index in [9.17, 15) is 4.79 Å². The van der Waals surface area contributed by atoms with Crippen LogP contribution in [0.3, 0.4) is 0 Å². The van der Waals surface area contributed by atoms with Crippen LogP contribution < -0.4 is 5.56 Å². The average molecular weight is 331 g/mol. The number of fused-ring (bicyclic) bond motifs is 3. The van der Waals surface area contributed by atoms with Crippen LogP contribution in [0.5, 0.6) is 0 Å². The highest BCUT2D eigenvalue weighted by Gasteiger charge is 2.13. The molecular weight excluding hydrogens is 322 g/mol. The molecule has 0 saturated heterocycles. The Morgan fingerprint density at radius 1 is 1.00 bits per heavy atom. The zero-order chi connectivity index (χ0) is 16.8. The van der Waals surface area contributed by atoms with E-state index in [2.05, 4.69) is 30.2 Å². The Morgan fingerprint density at radius 2 is 1.80 bits per heavy atom. The molecule has 0 aliphatic rings. The molecule has 0 atom stereocenters. The SMILES string of the molecule is O=c1c2cnc3nc(-c4ccncc4)nn3c2ccn1-n1cnnc1. The molecule has 0 unspecified atom stereocenters. The highest BCUT2D eigenvalue weighted by molar-refractivity contribution is 5.79. The van der Waals surface area contributed by atoms with E-state index in [1.807, 2.05) is 12.1 Å². The Balaban J connectivity index is 1.77. The summed E-state index contributed by atoms with van der Waals surface area (Å²) in [4.78, 5) is 25.4. The van der Waals surface area contributed by atoms with Gasteiger partial charge in [0.1, 0.15) is 12.7 Å². The number of hydrogen-bond donors (Lipinski definition) is 0. The maximum atomic E-state index is 12.7. The molecule has 10 nitrogen and oxygen atoms in total. The predicted molar refractivity (Wildman–Crippen MR) is 86.6 cm³/mol. The lowest BCUT2D eigenvalue weighted by atomic mass is 10.3. The van der Waals surface area contributed by atoms with E-state index in [-0.39, 0.29) is 5.56 Å². The fourth-order valence-electron chi connectivity index (χ4n) is 2.62. The van der Waals surface area contributed by atoms with Crippen molar-refractivity contribution in [2.45, 2.75) is 0 Å². The van der Waals surface area contributed by atoms with Crippen LogP contribution in [0.15, 0.2) is 60.4 Å². The fraction of sp³-hybridized carbons (Fsp3) is 0. The Hall–Kier alpha value is -3.95. The molecule has 5 aromatic heterocycles. The van der Waals surface area contributed by atoms with Crippen molar-refractivity contribution in [1.29, 1.82) is 0 Å². The van der Waals surface area contributed by atoms with Crippen molar-refractivity contribution in [3.8, 4) is 11.4 Å². The summed E-state index contributed by atoms with van der Waals surface area (Å²) in [6.45, 7) is 0. The van der Waals surface area contributed by atoms with Gasteiger partial charge in [0.05, 0.1) is 10.9 Å². The first-order chi connectivity index (χ1) is 12.3. The third kappa shape index (κ3) is 2.01. The molecule has 5 heterocycles. The standard InChI is InChI=1S/C15H9N9O/c25-14-11-7-17-15-20-13(10-1-4-16-5-2-10)21-24(15)12(11)3-6-23(14)22-8-18-19-9-22/h1-9H. The van der Waals surface area contributed by atoms with E-state index < -0.39 is 0 Å². The number of rotatable bonds is 2. The summed E-state index contributed by atoms with van der Waals surface area (Å²) < 4.78 is 4.43. The molecule has 0 aliphatic carbocycles. The number of aromatic nitrogens is 9. The van der Waals surface area contributed by atoms with E-state index in [1.165, 1.54) is 28.2 Å². The second kappa shape index (κ2) is 5.03. The molecule has 25 heavy (non-hydrogen) atoms. The third-order valence-corrected chi connectivity index (χ3v) is 3.81. The molecule has 0 aromatic carbocycles. The number of pyridine rings is 2. The minimum Gasteiger partial charge on any atom is -0.267 e. The Bertz CT molecular complexity index is 1260. The number of nitrogens with zero attached hydrogens (tertiary/aromatic N) is 9. The molecule has 120 valence electrons. The van der Waals surface area contributed by atoms with Crippen LogP contribution in [0.1, 0.15) is 0 Å². The van der Waals surface area contributed by atoms with Gasteiger partial charge in [-0.25, -0.2) is 14.3 Å². The summed E-state index contributed by atoms with van der Waals surface area (Å²) in [6, 6.07) is 5.41. The monoisotopic (exact) mass is 331 g/mol. The summed E-state index contributed by atoms with van der Waals surface area (Å²) in [5, 5.41) is 12.3. The smallest absolute Gasteiger partial charge is 0.267 e. The summed E-state index contributed by atoms with van der Waals surface area (Å²) >= 11 is 0. The lowest BCUT2D eigenvalue weighted by Crippen LogP contribution is -2.25. The van der Waals surface area contributed by atoms with Gasteiger partial charge in [-0.1, -0.05) is 0 Å². The molecule has 0 spiro atoms. The van der Waals surface area contributed by atoms with Gasteiger partial charge < -0.3 is 0 Å². The van der Waals surface area contributed by atoms with Crippen LogP contribution in [0.25, 0.3) is 28.1 Å². The Labute approximate surface area is 139 Å². The van der Waals surface area contributed by atoms with Gasteiger partial charge in [0.25, 0.3) is 11.3 Å². The van der Waals surface area contributed by atoms with Gasteiger partial charge in [0, 0.05) is 30.4 Å². The Kier molecular flexibility index (Phi) is 2.71. The van der Waals surface area contributed by atoms with Crippen molar-refractivity contribution in [3.63, 3.8) is 0 Å². The van der Waals surface area contributed by atoms with Gasteiger partial charge in [-0.15, -0.1) is 15.3 Å². The zero-order valence-electron chi connectivity index (χ0n) is 12.6. The molecule has 0 radical (unpaired) electrons. The maximum Gasteiger partial charge on any atom is 0.280 e. The van der Waals surface area contributed by atoms with Crippen molar-refractivity contribution >= 4 is 16.7 Å². The molecule has 0 N–H and O–H groups in total. The van der Waals surface area contributed by atoms with Gasteiger partial charge in [0.15, 0.2) is 5.82 Å². The molecule has 5 aromatic rings. The zero-order valence-corrected chi connectivity index (χ0v) is 12.6. The lowest BCUT2D eigenvalue weighted by Gasteiger charge is -2.06. The van der Waals surface area contributed by atoms with Crippen LogP contribution >= 0.6 is 0 Å². The van der Waals surface area contributed by atoms with E-state index in [1.54, 1.807) is 29.2 Å². The summed E-state index contributed by atoms with van der Waals surface area (Å²) in [5.41, 5.74) is 1.19. The van der Waals surface area contributed by atoms with Crippen molar-refractivity contribution in [3.05, 3.63) is 66.0 Å². The molecular formula is C15H9N9O. The Morgan fingerprint density at radius 3 is 2.60 bits per heavy atom. The second-order valence-electron chi connectivity index (χ2n) is 5.25. The molecule has 0 aliphatic heterocycles. The maximum absolute atomic E-state index is 12.7. The van der Waals surface area contributed by atoms with E-state index in [0.717, 1.165) is 5.56 Å². The van der Waals surface area contributed by atoms with Gasteiger partial charge in [-0.05, 0) is 18.2 Å². The van der Waals surface area contributed by atoms with Crippen LogP contribution in [-0.4, -0.2) is 44.1 Å². The molecule has 5 rings (SSSR count). The quantitative estimate of drug-likeness (QED) is 0.461. The van der Waals surface area contributed by atoms with Crippen molar-refractivity contribution in [2.75, 3.05) is 0 Å². The number of hydrogen-bond acceptors (Lipinski definition) is 7. The van der Waals surface area contributed by atoms with Crippen molar-refractivity contribution in [1.82, 2.24) is 44.1 Å². The fourth-order valence-corrected chi connectivity index (χ4v) is 2.62. The van der Waals surface area contributed by atoms with Gasteiger partial charge in [0.2, 0.25) is 0 Å². The second-order valence-corrected chi connectivity index (χ2v) is 5.25. The first-order valence-corrected chi connectivity index (χ1v) is 7.34. The minimum atomic E-state index is -0.257. The van der Waals surface area contributed by atoms with E-state index in [0.29, 0.717) is 22.5 Å². The lowest BCUT2D eigenvalue weighted by molar-refractivity contribution is 0.632. The highest BCUT2D eigenvalue weighted by Crippen LogP contribution is 2.17. The normalized spacial score (nSPS) is 11.4. The molecule has 0 fully saturated rings. The molecule has 0 amide bonds. The highest BCUT2D eigenvalue weighted by atomic mass is 16.1. The summed E-state index contributed by atoms with van der Waals surface area (Å²) in [5.74, 6) is 0.936. The topological polar surface area (TPSA) is 109 Å². The summed E-state index contributed by atoms with van der Waals surface area (Å²) in [7, 11) is 0. The van der Waals surface area contributed by atoms with Crippen molar-refractivity contribution < 1.29 is 0 Å². The van der Waals surface area contributed by atoms with Gasteiger partial charge in [-0.3, -0.25) is 9.78 Å². The van der Waals surface area contributed by atoms with Crippen LogP contribution in [0.2, 0.25) is 0 Å². The van der Waals surface area contributed by atoms with E-state index in [4.69, 9.17) is 0 Å². The minimum absolute atomic E-state index is 0.257. The largest absolute Gasteiger partial charge is 0.280 e. The van der Waals surface area contributed by atoms with E-state index >= 15 is 0 Å². The average Bonchev–Trinajstić information content (AvgIpc) is 3.32. The molecule has 0 bridgehead atoms. The molecule has 0 saturated carbocycles. The first kappa shape index (κ1) is 13.5. The van der Waals surface area contributed by atoms with Crippen LogP contribution in [0, 0.1) is 0 Å². The summed E-state index contributed by atoms with van der Waals surface area (Å²) in [6.07, 6.45) is 9.35. The van der Waals surface area contributed by atoms with Gasteiger partial charge in [-0.2, -0.15) is 9.50 Å². The first-order valence-electron chi connectivity index (χ1n) is 7.34. The van der Waals surface area contributed by atoms with Gasteiger partial charge >= 0.3 is 0 Å². The molecule has 10 heteroatoms. The third-order valence-electron chi connectivity index (χ3n) is 3.81. The van der Waals surface area contributed by atoms with Crippen molar-refractivity contribution in [2.24, 2.45) is 0 Å².